The van der Waals surface area contributed by atoms with Gasteiger partial charge in [0.15, 0.2) is 0 Å². The molecule has 1 amide bonds. The van der Waals surface area contributed by atoms with E-state index in [1.54, 1.807) is 12.1 Å². The van der Waals surface area contributed by atoms with E-state index in [0.717, 1.165) is 36.9 Å². The maximum absolute atomic E-state index is 12.5. The summed E-state index contributed by atoms with van der Waals surface area (Å²) < 4.78 is 27.7. The van der Waals surface area contributed by atoms with Gasteiger partial charge in [0.25, 0.3) is 0 Å². The molecule has 2 N–H and O–H groups in total. The first kappa shape index (κ1) is 25.7. The zero-order valence-electron chi connectivity index (χ0n) is 19.8. The monoisotopic (exact) mass is 478 g/mol. The molecule has 34 heavy (non-hydrogen) atoms. The molecular formula is C28H34N2O3S. The number of benzene rings is 3. The quantitative estimate of drug-likeness (QED) is 0.309. The number of carbonyl (C=O) groups excluding carboxylic acids is 1. The number of anilines is 1. The van der Waals surface area contributed by atoms with Crippen molar-refractivity contribution in [2.75, 3.05) is 11.9 Å². The van der Waals surface area contributed by atoms with Gasteiger partial charge in [-0.25, -0.2) is 13.1 Å². The van der Waals surface area contributed by atoms with Gasteiger partial charge in [-0.15, -0.1) is 0 Å². The Morgan fingerprint density at radius 1 is 0.765 bits per heavy atom. The van der Waals surface area contributed by atoms with Gasteiger partial charge in [0.05, 0.1) is 4.90 Å². The van der Waals surface area contributed by atoms with E-state index >= 15 is 0 Å². The summed E-state index contributed by atoms with van der Waals surface area (Å²) in [6, 6.07) is 25.0. The summed E-state index contributed by atoms with van der Waals surface area (Å²) in [5.74, 6) is -0.0572. The van der Waals surface area contributed by atoms with Crippen molar-refractivity contribution in [2.45, 2.75) is 56.8 Å². The molecule has 0 heterocycles. The SMILES string of the molecule is CCCCc1ccc(NC(=O)CCCCNS(=O)(=O)c2ccc(Cc3ccccc3)cc2)cc1. The Hall–Kier alpha value is -2.96. The molecule has 0 aliphatic carbocycles. The topological polar surface area (TPSA) is 75.3 Å². The summed E-state index contributed by atoms with van der Waals surface area (Å²) in [4.78, 5) is 12.4. The molecule has 3 rings (SSSR count). The van der Waals surface area contributed by atoms with Crippen molar-refractivity contribution in [3.8, 4) is 0 Å². The van der Waals surface area contributed by atoms with Gasteiger partial charge in [0.2, 0.25) is 15.9 Å². The lowest BCUT2D eigenvalue weighted by molar-refractivity contribution is -0.116. The minimum Gasteiger partial charge on any atom is -0.326 e. The number of nitrogens with one attached hydrogen (secondary N) is 2. The minimum absolute atomic E-state index is 0.0572. The molecule has 0 saturated heterocycles. The van der Waals surface area contributed by atoms with E-state index in [0.29, 0.717) is 25.8 Å². The summed E-state index contributed by atoms with van der Waals surface area (Å²) in [7, 11) is -3.56. The van der Waals surface area contributed by atoms with E-state index in [1.807, 2.05) is 54.6 Å². The zero-order valence-corrected chi connectivity index (χ0v) is 20.6. The third-order valence-electron chi connectivity index (χ3n) is 5.66. The Labute approximate surface area is 203 Å². The molecule has 0 fully saturated rings. The molecule has 0 aliphatic heterocycles. The van der Waals surface area contributed by atoms with Crippen molar-refractivity contribution in [1.29, 1.82) is 0 Å². The number of unbranched alkanes of at least 4 members (excludes halogenated alkanes) is 2. The van der Waals surface area contributed by atoms with Crippen molar-refractivity contribution >= 4 is 21.6 Å². The van der Waals surface area contributed by atoms with E-state index in [4.69, 9.17) is 0 Å². The van der Waals surface area contributed by atoms with Crippen LogP contribution in [0.4, 0.5) is 5.69 Å². The molecule has 0 spiro atoms. The van der Waals surface area contributed by atoms with Crippen LogP contribution >= 0.6 is 0 Å². The first-order chi connectivity index (χ1) is 16.5. The summed E-state index contributed by atoms with van der Waals surface area (Å²) in [6.45, 7) is 2.47. The van der Waals surface area contributed by atoms with Crippen LogP contribution in [-0.4, -0.2) is 20.9 Å². The zero-order chi connectivity index (χ0) is 24.2. The maximum Gasteiger partial charge on any atom is 0.240 e. The lowest BCUT2D eigenvalue weighted by atomic mass is 10.1. The molecule has 0 bridgehead atoms. The van der Waals surface area contributed by atoms with E-state index in [2.05, 4.69) is 29.1 Å². The van der Waals surface area contributed by atoms with Gasteiger partial charge in [0.1, 0.15) is 0 Å². The van der Waals surface area contributed by atoms with Crippen molar-refractivity contribution in [3.05, 3.63) is 95.6 Å². The van der Waals surface area contributed by atoms with Crippen LogP contribution in [0.1, 0.15) is 55.7 Å². The van der Waals surface area contributed by atoms with Crippen molar-refractivity contribution in [3.63, 3.8) is 0 Å². The maximum atomic E-state index is 12.5. The van der Waals surface area contributed by atoms with Crippen LogP contribution in [0.3, 0.4) is 0 Å². The number of sulfonamides is 1. The molecule has 180 valence electrons. The van der Waals surface area contributed by atoms with Crippen LogP contribution in [0.25, 0.3) is 0 Å². The molecule has 0 saturated carbocycles. The van der Waals surface area contributed by atoms with E-state index in [1.165, 1.54) is 11.1 Å². The second kappa shape index (κ2) is 13.1. The Bertz CT molecular complexity index is 1130. The third-order valence-corrected chi connectivity index (χ3v) is 7.14. The summed E-state index contributed by atoms with van der Waals surface area (Å²) >= 11 is 0. The molecule has 0 atom stereocenters. The van der Waals surface area contributed by atoms with Gasteiger partial charge in [0, 0.05) is 18.7 Å². The van der Waals surface area contributed by atoms with Crippen LogP contribution in [0.2, 0.25) is 0 Å². The highest BCUT2D eigenvalue weighted by atomic mass is 32.2. The normalized spacial score (nSPS) is 11.3. The molecule has 0 radical (unpaired) electrons. The number of carbonyl (C=O) groups is 1. The molecule has 0 aromatic heterocycles. The first-order valence-corrected chi connectivity index (χ1v) is 13.5. The van der Waals surface area contributed by atoms with E-state index in [9.17, 15) is 13.2 Å². The fourth-order valence-corrected chi connectivity index (χ4v) is 4.75. The van der Waals surface area contributed by atoms with Crippen molar-refractivity contribution in [2.24, 2.45) is 0 Å². The van der Waals surface area contributed by atoms with E-state index < -0.39 is 10.0 Å². The van der Waals surface area contributed by atoms with Gasteiger partial charge in [-0.2, -0.15) is 0 Å². The van der Waals surface area contributed by atoms with Crippen LogP contribution < -0.4 is 10.0 Å². The molecule has 0 aliphatic rings. The molecule has 3 aromatic carbocycles. The molecule has 6 heteroatoms. The highest BCUT2D eigenvalue weighted by Gasteiger charge is 2.13. The lowest BCUT2D eigenvalue weighted by Gasteiger charge is -2.09. The summed E-state index contributed by atoms with van der Waals surface area (Å²) in [5, 5.41) is 2.90. The van der Waals surface area contributed by atoms with Crippen LogP contribution in [0.5, 0.6) is 0 Å². The largest absolute Gasteiger partial charge is 0.326 e. The fraction of sp³-hybridized carbons (Fsp3) is 0.321. The standard InChI is InChI=1S/C28H34N2O3S/c1-2-3-9-23-13-17-26(18-14-23)30-28(31)12-7-8-21-29-34(32,33)27-19-15-25(16-20-27)22-24-10-5-4-6-11-24/h4-6,10-11,13-20,29H,2-3,7-9,12,21-22H2,1H3,(H,30,31). The average Bonchev–Trinajstić information content (AvgIpc) is 2.84. The van der Waals surface area contributed by atoms with E-state index in [-0.39, 0.29) is 10.8 Å². The molecular weight excluding hydrogens is 444 g/mol. The van der Waals surface area contributed by atoms with Gasteiger partial charge < -0.3 is 5.32 Å². The Morgan fingerprint density at radius 3 is 2.09 bits per heavy atom. The first-order valence-electron chi connectivity index (χ1n) is 12.0. The minimum atomic E-state index is -3.56. The second-order valence-electron chi connectivity index (χ2n) is 8.51. The van der Waals surface area contributed by atoms with Gasteiger partial charge in [-0.05, 0) is 73.1 Å². The Balaban J connectivity index is 1.37. The average molecular weight is 479 g/mol. The van der Waals surface area contributed by atoms with Crippen molar-refractivity contribution < 1.29 is 13.2 Å². The fourth-order valence-electron chi connectivity index (χ4n) is 3.68. The van der Waals surface area contributed by atoms with Crippen LogP contribution in [0.15, 0.2) is 83.8 Å². The van der Waals surface area contributed by atoms with Crippen LogP contribution in [0, 0.1) is 0 Å². The van der Waals surface area contributed by atoms with Gasteiger partial charge in [-0.3, -0.25) is 4.79 Å². The highest BCUT2D eigenvalue weighted by Crippen LogP contribution is 2.15. The number of aryl methyl sites for hydroxylation is 1. The lowest BCUT2D eigenvalue weighted by Crippen LogP contribution is -2.25. The predicted molar refractivity (Wildman–Crippen MR) is 138 cm³/mol. The summed E-state index contributed by atoms with van der Waals surface area (Å²) in [5.41, 5.74) is 4.32. The number of amides is 1. The smallest absolute Gasteiger partial charge is 0.240 e. The third kappa shape index (κ3) is 8.43. The highest BCUT2D eigenvalue weighted by molar-refractivity contribution is 7.89. The second-order valence-corrected chi connectivity index (χ2v) is 10.3. The van der Waals surface area contributed by atoms with Gasteiger partial charge in [-0.1, -0.05) is 67.9 Å². The van der Waals surface area contributed by atoms with Crippen LogP contribution in [-0.2, 0) is 27.7 Å². The number of hydrogen-bond acceptors (Lipinski definition) is 3. The number of hydrogen-bond donors (Lipinski definition) is 2. The van der Waals surface area contributed by atoms with Gasteiger partial charge >= 0.3 is 0 Å². The van der Waals surface area contributed by atoms with Crippen molar-refractivity contribution in [1.82, 2.24) is 4.72 Å². The molecule has 0 unspecified atom stereocenters. The molecule has 5 nitrogen and oxygen atoms in total. The number of rotatable bonds is 13. The molecule has 3 aromatic rings. The summed E-state index contributed by atoms with van der Waals surface area (Å²) in [6.07, 6.45) is 5.70. The Morgan fingerprint density at radius 2 is 1.41 bits per heavy atom. The predicted octanol–water partition coefficient (Wildman–Crippen LogP) is 5.71. The Kier molecular flexibility index (Phi) is 9.86.